The molecule has 0 bridgehead atoms. The van der Waals surface area contributed by atoms with Gasteiger partial charge in [-0.2, -0.15) is 0 Å². The first-order valence-corrected chi connectivity index (χ1v) is 8.53. The molecule has 4 nitrogen and oxygen atoms in total. The van der Waals surface area contributed by atoms with E-state index in [9.17, 15) is 0 Å². The van der Waals surface area contributed by atoms with Crippen molar-refractivity contribution in [3.05, 3.63) is 34.5 Å². The van der Waals surface area contributed by atoms with E-state index in [1.54, 1.807) is 11.3 Å². The number of anilines is 2. The van der Waals surface area contributed by atoms with Crippen molar-refractivity contribution in [1.82, 2.24) is 9.97 Å². The Kier molecular flexibility index (Phi) is 4.39. The second-order valence-corrected chi connectivity index (χ2v) is 6.38. The summed E-state index contributed by atoms with van der Waals surface area (Å²) in [5.74, 6) is 1.12. The Morgan fingerprint density at radius 1 is 1.24 bits per heavy atom. The summed E-state index contributed by atoms with van der Waals surface area (Å²) in [7, 11) is 0. The molecule has 0 radical (unpaired) electrons. The van der Waals surface area contributed by atoms with Gasteiger partial charge in [-0.05, 0) is 43.9 Å². The first-order chi connectivity index (χ1) is 10.2. The number of nitrogens with zero attached hydrogens (tertiary/aromatic N) is 3. The van der Waals surface area contributed by atoms with Gasteiger partial charge in [-0.1, -0.05) is 6.92 Å². The predicted molar refractivity (Wildman–Crippen MR) is 89.2 cm³/mol. The number of hydrogen-bond donors (Lipinski definition) is 1. The second-order valence-electron chi connectivity index (χ2n) is 5.52. The zero-order valence-corrected chi connectivity index (χ0v) is 13.5. The Balaban J connectivity index is 1.69. The molecule has 1 aliphatic rings. The average Bonchev–Trinajstić information content (AvgIpc) is 3.16. The SMILES string of the molecule is CCc1csc(NCc2cc(C)nc(N3CCCC3)c2)n1. The van der Waals surface area contributed by atoms with Crippen LogP contribution in [0.2, 0.25) is 0 Å². The van der Waals surface area contributed by atoms with Gasteiger partial charge in [0.15, 0.2) is 5.13 Å². The molecule has 2 aromatic heterocycles. The van der Waals surface area contributed by atoms with Crippen molar-refractivity contribution in [2.45, 2.75) is 39.7 Å². The van der Waals surface area contributed by atoms with Crippen molar-refractivity contribution in [1.29, 1.82) is 0 Å². The summed E-state index contributed by atoms with van der Waals surface area (Å²) in [6.45, 7) is 7.28. The Hall–Kier alpha value is -1.62. The lowest BCUT2D eigenvalue weighted by Gasteiger charge is -2.18. The van der Waals surface area contributed by atoms with Crippen molar-refractivity contribution in [3.63, 3.8) is 0 Å². The summed E-state index contributed by atoms with van der Waals surface area (Å²) < 4.78 is 0. The minimum atomic E-state index is 0.806. The zero-order valence-electron chi connectivity index (χ0n) is 12.7. The number of aryl methyl sites for hydroxylation is 2. The topological polar surface area (TPSA) is 41.1 Å². The van der Waals surface area contributed by atoms with Crippen LogP contribution in [0.5, 0.6) is 0 Å². The highest BCUT2D eigenvalue weighted by molar-refractivity contribution is 7.13. The molecule has 112 valence electrons. The van der Waals surface area contributed by atoms with E-state index in [-0.39, 0.29) is 0 Å². The molecule has 0 spiro atoms. The van der Waals surface area contributed by atoms with Crippen LogP contribution in [-0.2, 0) is 13.0 Å². The van der Waals surface area contributed by atoms with Crippen LogP contribution < -0.4 is 10.2 Å². The van der Waals surface area contributed by atoms with Crippen LogP contribution in [0.4, 0.5) is 10.9 Å². The van der Waals surface area contributed by atoms with E-state index in [0.29, 0.717) is 0 Å². The monoisotopic (exact) mass is 302 g/mol. The van der Waals surface area contributed by atoms with Crippen molar-refractivity contribution in [2.24, 2.45) is 0 Å². The van der Waals surface area contributed by atoms with E-state index < -0.39 is 0 Å². The Morgan fingerprint density at radius 3 is 2.76 bits per heavy atom. The molecule has 1 aliphatic heterocycles. The minimum absolute atomic E-state index is 0.806. The van der Waals surface area contributed by atoms with E-state index in [4.69, 9.17) is 0 Å². The van der Waals surface area contributed by atoms with E-state index in [1.165, 1.54) is 18.4 Å². The van der Waals surface area contributed by atoms with Crippen LogP contribution in [0.25, 0.3) is 0 Å². The Bertz CT molecular complexity index is 602. The number of thiazole rings is 1. The molecule has 21 heavy (non-hydrogen) atoms. The zero-order chi connectivity index (χ0) is 14.7. The highest BCUT2D eigenvalue weighted by Crippen LogP contribution is 2.21. The van der Waals surface area contributed by atoms with Crippen LogP contribution in [0, 0.1) is 6.92 Å². The molecular formula is C16H22N4S. The summed E-state index contributed by atoms with van der Waals surface area (Å²) in [6, 6.07) is 4.36. The first-order valence-electron chi connectivity index (χ1n) is 7.65. The summed E-state index contributed by atoms with van der Waals surface area (Å²) in [5.41, 5.74) is 3.52. The lowest BCUT2D eigenvalue weighted by molar-refractivity contribution is 0.922. The first kappa shape index (κ1) is 14.3. The smallest absolute Gasteiger partial charge is 0.183 e. The van der Waals surface area contributed by atoms with Crippen LogP contribution in [0.3, 0.4) is 0 Å². The second kappa shape index (κ2) is 6.43. The molecular weight excluding hydrogens is 280 g/mol. The Labute approximate surface area is 130 Å². The molecule has 5 heteroatoms. The van der Waals surface area contributed by atoms with Gasteiger partial charge in [0, 0.05) is 30.7 Å². The van der Waals surface area contributed by atoms with Crippen LogP contribution in [-0.4, -0.2) is 23.1 Å². The molecule has 0 amide bonds. The van der Waals surface area contributed by atoms with Crippen LogP contribution >= 0.6 is 11.3 Å². The van der Waals surface area contributed by atoms with E-state index in [0.717, 1.165) is 48.4 Å². The summed E-state index contributed by atoms with van der Waals surface area (Å²) in [4.78, 5) is 11.6. The lowest BCUT2D eigenvalue weighted by atomic mass is 10.2. The molecule has 0 aromatic carbocycles. The fourth-order valence-electron chi connectivity index (χ4n) is 2.66. The maximum absolute atomic E-state index is 4.67. The fraction of sp³-hybridized carbons (Fsp3) is 0.500. The summed E-state index contributed by atoms with van der Waals surface area (Å²) in [5, 5.41) is 6.55. The third-order valence-corrected chi connectivity index (χ3v) is 4.64. The third kappa shape index (κ3) is 3.53. The van der Waals surface area contributed by atoms with Crippen molar-refractivity contribution in [2.75, 3.05) is 23.3 Å². The summed E-state index contributed by atoms with van der Waals surface area (Å²) >= 11 is 1.68. The van der Waals surface area contributed by atoms with E-state index in [2.05, 4.69) is 51.5 Å². The van der Waals surface area contributed by atoms with Gasteiger partial charge in [0.1, 0.15) is 5.82 Å². The standard InChI is InChI=1S/C16H22N4S/c1-3-14-11-21-16(19-14)17-10-13-8-12(2)18-15(9-13)20-6-4-5-7-20/h8-9,11H,3-7,10H2,1-2H3,(H,17,19). The van der Waals surface area contributed by atoms with Crippen LogP contribution in [0.1, 0.15) is 36.7 Å². The minimum Gasteiger partial charge on any atom is -0.357 e. The molecule has 0 atom stereocenters. The highest BCUT2D eigenvalue weighted by atomic mass is 32.1. The largest absolute Gasteiger partial charge is 0.357 e. The maximum Gasteiger partial charge on any atom is 0.183 e. The number of pyridine rings is 1. The van der Waals surface area contributed by atoms with Gasteiger partial charge in [-0.25, -0.2) is 9.97 Å². The number of rotatable bonds is 5. The van der Waals surface area contributed by atoms with E-state index >= 15 is 0 Å². The average molecular weight is 302 g/mol. The van der Waals surface area contributed by atoms with Gasteiger partial charge >= 0.3 is 0 Å². The third-order valence-electron chi connectivity index (χ3n) is 3.79. The quantitative estimate of drug-likeness (QED) is 0.916. The highest BCUT2D eigenvalue weighted by Gasteiger charge is 2.14. The van der Waals surface area contributed by atoms with Gasteiger partial charge in [-0.3, -0.25) is 0 Å². The van der Waals surface area contributed by atoms with Crippen molar-refractivity contribution >= 4 is 22.3 Å². The normalized spacial score (nSPS) is 14.7. The number of nitrogens with one attached hydrogen (secondary N) is 1. The predicted octanol–water partition coefficient (Wildman–Crippen LogP) is 3.62. The van der Waals surface area contributed by atoms with Crippen molar-refractivity contribution in [3.8, 4) is 0 Å². The molecule has 0 aliphatic carbocycles. The summed E-state index contributed by atoms with van der Waals surface area (Å²) in [6.07, 6.45) is 3.55. The molecule has 1 N–H and O–H groups in total. The molecule has 1 fully saturated rings. The van der Waals surface area contributed by atoms with E-state index in [1.807, 2.05) is 0 Å². The van der Waals surface area contributed by atoms with Gasteiger partial charge in [0.25, 0.3) is 0 Å². The number of hydrogen-bond acceptors (Lipinski definition) is 5. The Morgan fingerprint density at radius 2 is 2.05 bits per heavy atom. The molecule has 3 rings (SSSR count). The van der Waals surface area contributed by atoms with Gasteiger partial charge in [0.2, 0.25) is 0 Å². The molecule has 2 aromatic rings. The van der Waals surface area contributed by atoms with Crippen molar-refractivity contribution < 1.29 is 0 Å². The molecule has 0 unspecified atom stereocenters. The number of aromatic nitrogens is 2. The maximum atomic E-state index is 4.67. The fourth-order valence-corrected chi connectivity index (χ4v) is 3.45. The van der Waals surface area contributed by atoms with Crippen LogP contribution in [0.15, 0.2) is 17.5 Å². The van der Waals surface area contributed by atoms with Gasteiger partial charge < -0.3 is 10.2 Å². The van der Waals surface area contributed by atoms with Gasteiger partial charge in [-0.15, -0.1) is 11.3 Å². The molecule has 3 heterocycles. The molecule has 1 saturated heterocycles. The molecule has 0 saturated carbocycles. The lowest BCUT2D eigenvalue weighted by Crippen LogP contribution is -2.19. The van der Waals surface area contributed by atoms with Gasteiger partial charge in [0.05, 0.1) is 5.69 Å².